The lowest BCUT2D eigenvalue weighted by molar-refractivity contribution is -0.132. The predicted molar refractivity (Wildman–Crippen MR) is 171 cm³/mol. The molecule has 0 aliphatic carbocycles. The van der Waals surface area contributed by atoms with Gasteiger partial charge in [-0.05, 0) is 37.8 Å². The number of nitrogens with one attached hydrogen (secondary N) is 3. The van der Waals surface area contributed by atoms with Crippen molar-refractivity contribution in [1.82, 2.24) is 20.9 Å². The molecule has 1 unspecified atom stereocenters. The molecule has 9 nitrogen and oxygen atoms in total. The average Bonchev–Trinajstić information content (AvgIpc) is 3.37. The number of nitrogens with zero attached hydrogens (tertiary/aromatic N) is 2. The van der Waals surface area contributed by atoms with Gasteiger partial charge in [0.15, 0.2) is 5.12 Å². The molecule has 0 aromatic carbocycles. The van der Waals surface area contributed by atoms with E-state index in [1.807, 2.05) is 38.1 Å². The summed E-state index contributed by atoms with van der Waals surface area (Å²) in [5.41, 5.74) is 0.305. The highest BCUT2D eigenvalue weighted by atomic mass is 32.2. The number of thioether (sulfide) groups is 2. The topological polar surface area (TPSA) is 130 Å². The fraction of sp³-hybridized carbons (Fsp3) is 0.613. The number of allylic oxidation sites excluding steroid dienone is 1. The SMILES string of the molecule is CCCCCCCC(=O)SCC/C=C/C1CC(=O)NCc2cccc(n2)C2=N[C@@](C)(CS2)C(=O)N[C@@H](C(C)C)C(=O)N1. The molecule has 3 rings (SSSR count). The van der Waals surface area contributed by atoms with Crippen molar-refractivity contribution in [2.75, 3.05) is 11.5 Å². The van der Waals surface area contributed by atoms with E-state index < -0.39 is 17.6 Å². The molecule has 2 aliphatic rings. The van der Waals surface area contributed by atoms with Gasteiger partial charge in [0.05, 0.1) is 30.4 Å². The van der Waals surface area contributed by atoms with Crippen LogP contribution in [0.1, 0.15) is 90.4 Å². The summed E-state index contributed by atoms with van der Waals surface area (Å²) >= 11 is 2.79. The van der Waals surface area contributed by atoms with Crippen LogP contribution in [0.4, 0.5) is 0 Å². The number of amides is 3. The Kier molecular flexibility index (Phi) is 13.6. The maximum Gasteiger partial charge on any atom is 0.249 e. The molecule has 42 heavy (non-hydrogen) atoms. The van der Waals surface area contributed by atoms with Crippen molar-refractivity contribution in [2.45, 2.75) is 103 Å². The van der Waals surface area contributed by atoms with Gasteiger partial charge in [0.1, 0.15) is 16.6 Å². The molecule has 230 valence electrons. The van der Waals surface area contributed by atoms with E-state index >= 15 is 0 Å². The lowest BCUT2D eigenvalue weighted by atomic mass is 9.99. The van der Waals surface area contributed by atoms with Gasteiger partial charge in [0.25, 0.3) is 0 Å². The average molecular weight is 616 g/mol. The first-order valence-electron chi connectivity index (χ1n) is 15.0. The second-order valence-electron chi connectivity index (χ2n) is 11.4. The van der Waals surface area contributed by atoms with E-state index in [1.165, 1.54) is 42.8 Å². The van der Waals surface area contributed by atoms with Gasteiger partial charge in [-0.15, -0.1) is 11.8 Å². The van der Waals surface area contributed by atoms with Gasteiger partial charge in [-0.1, -0.05) is 76.4 Å². The lowest BCUT2D eigenvalue weighted by Gasteiger charge is -2.27. The van der Waals surface area contributed by atoms with Gasteiger partial charge in [-0.2, -0.15) is 0 Å². The number of unbranched alkanes of at least 4 members (excludes halogenated alkanes) is 4. The predicted octanol–water partition coefficient (Wildman–Crippen LogP) is 4.55. The number of hydrogen-bond donors (Lipinski definition) is 3. The van der Waals surface area contributed by atoms with Crippen LogP contribution in [0.15, 0.2) is 35.3 Å². The number of carbonyl (C=O) groups excluding carboxylic acids is 4. The van der Waals surface area contributed by atoms with Crippen LogP contribution in [0.2, 0.25) is 0 Å². The number of carbonyl (C=O) groups is 4. The standard InChI is InChI=1S/C31H45N5O4S2/c1-5-6-7-8-9-16-26(38)41-17-11-10-13-22-18-25(37)32-19-23-14-12-15-24(33-23)29-36-31(4,20-42-29)30(40)35-27(21(2)3)28(39)34-22/h10,12-15,21-22,27H,5-9,11,16-20H2,1-4H3,(H,32,37)(H,34,39)(H,35,40)/b13-10+/t22?,27-,31-/m0/s1. The number of pyridine rings is 1. The summed E-state index contributed by atoms with van der Waals surface area (Å²) in [5, 5.41) is 9.64. The molecular weight excluding hydrogens is 571 g/mol. The third kappa shape index (κ3) is 10.6. The van der Waals surface area contributed by atoms with Crippen LogP contribution in [-0.2, 0) is 25.7 Å². The van der Waals surface area contributed by atoms with E-state index in [1.54, 1.807) is 13.0 Å². The second kappa shape index (κ2) is 16.8. The normalized spacial score (nSPS) is 23.5. The monoisotopic (exact) mass is 615 g/mol. The van der Waals surface area contributed by atoms with E-state index in [0.717, 1.165) is 12.8 Å². The molecule has 2 aliphatic heterocycles. The first-order chi connectivity index (χ1) is 20.1. The van der Waals surface area contributed by atoms with Crippen molar-refractivity contribution in [1.29, 1.82) is 0 Å². The molecule has 1 aromatic rings. The molecular formula is C31H45N5O4S2. The summed E-state index contributed by atoms with van der Waals surface area (Å²) in [6.45, 7) is 7.92. The minimum Gasteiger partial charge on any atom is -0.350 e. The summed E-state index contributed by atoms with van der Waals surface area (Å²) in [6.07, 6.45) is 10.6. The van der Waals surface area contributed by atoms with Crippen molar-refractivity contribution in [3.8, 4) is 0 Å². The minimum atomic E-state index is -1.03. The van der Waals surface area contributed by atoms with Crippen LogP contribution in [0.3, 0.4) is 0 Å². The van der Waals surface area contributed by atoms with E-state index in [-0.39, 0.29) is 41.7 Å². The third-order valence-corrected chi connectivity index (χ3v) is 9.44. The Morgan fingerprint density at radius 1 is 1.17 bits per heavy atom. The van der Waals surface area contributed by atoms with Gasteiger partial charge in [0.2, 0.25) is 17.7 Å². The number of aliphatic imine (C=N–C) groups is 1. The largest absolute Gasteiger partial charge is 0.350 e. The van der Waals surface area contributed by atoms with Crippen LogP contribution in [0.5, 0.6) is 0 Å². The van der Waals surface area contributed by atoms with E-state index in [9.17, 15) is 19.2 Å². The first kappa shape index (κ1) is 33.8. The maximum absolute atomic E-state index is 13.4. The Bertz CT molecular complexity index is 1170. The van der Waals surface area contributed by atoms with Crippen LogP contribution in [0, 0.1) is 5.92 Å². The minimum absolute atomic E-state index is 0.0325. The molecule has 0 fully saturated rings. The van der Waals surface area contributed by atoms with Crippen LogP contribution < -0.4 is 16.0 Å². The summed E-state index contributed by atoms with van der Waals surface area (Å²) in [7, 11) is 0. The van der Waals surface area contributed by atoms with E-state index in [2.05, 4.69) is 27.9 Å². The fourth-order valence-corrected chi connectivity index (χ4v) is 6.53. The van der Waals surface area contributed by atoms with Gasteiger partial charge in [-0.3, -0.25) is 24.2 Å². The van der Waals surface area contributed by atoms with Gasteiger partial charge >= 0.3 is 0 Å². The van der Waals surface area contributed by atoms with E-state index in [0.29, 0.717) is 40.8 Å². The smallest absolute Gasteiger partial charge is 0.249 e. The Labute approximate surface area is 258 Å². The van der Waals surface area contributed by atoms with Gasteiger partial charge < -0.3 is 16.0 Å². The Morgan fingerprint density at radius 3 is 2.71 bits per heavy atom. The lowest BCUT2D eigenvalue weighted by Crippen LogP contribution is -2.56. The summed E-state index contributed by atoms with van der Waals surface area (Å²) in [5.74, 6) is -0.0150. The molecule has 3 atom stereocenters. The van der Waals surface area contributed by atoms with Crippen LogP contribution in [-0.4, -0.2) is 62.0 Å². The zero-order valence-electron chi connectivity index (χ0n) is 25.2. The summed E-state index contributed by atoms with van der Waals surface area (Å²) < 4.78 is 0. The molecule has 0 radical (unpaired) electrons. The zero-order valence-corrected chi connectivity index (χ0v) is 26.9. The Balaban J connectivity index is 1.69. The van der Waals surface area contributed by atoms with Crippen LogP contribution in [0.25, 0.3) is 0 Å². The number of fused-ring (bicyclic) bond motifs is 4. The highest BCUT2D eigenvalue weighted by Crippen LogP contribution is 2.31. The highest BCUT2D eigenvalue weighted by molar-refractivity contribution is 8.14. The molecule has 0 saturated carbocycles. The number of aromatic nitrogens is 1. The van der Waals surface area contributed by atoms with Crippen LogP contribution >= 0.6 is 23.5 Å². The van der Waals surface area contributed by atoms with Crippen molar-refractivity contribution in [3.05, 3.63) is 41.7 Å². The third-order valence-electron chi connectivity index (χ3n) is 7.19. The molecule has 11 heteroatoms. The quantitative estimate of drug-likeness (QED) is 0.246. The summed E-state index contributed by atoms with van der Waals surface area (Å²) in [4.78, 5) is 61.2. The molecule has 3 amide bonds. The van der Waals surface area contributed by atoms with Crippen molar-refractivity contribution >= 4 is 51.4 Å². The highest BCUT2D eigenvalue weighted by Gasteiger charge is 2.41. The Hall–Kier alpha value is -2.66. The second-order valence-corrected chi connectivity index (χ2v) is 13.5. The summed E-state index contributed by atoms with van der Waals surface area (Å²) in [6, 6.07) is 4.16. The van der Waals surface area contributed by atoms with Crippen molar-refractivity contribution in [3.63, 3.8) is 0 Å². The zero-order chi connectivity index (χ0) is 30.5. The van der Waals surface area contributed by atoms with Gasteiger partial charge in [-0.25, -0.2) is 4.98 Å². The molecule has 0 saturated heterocycles. The number of rotatable bonds is 11. The first-order valence-corrected chi connectivity index (χ1v) is 17.0. The molecule has 3 N–H and O–H groups in total. The fourth-order valence-electron chi connectivity index (χ4n) is 4.62. The van der Waals surface area contributed by atoms with Gasteiger partial charge in [0, 0.05) is 17.9 Å². The molecule has 4 bridgehead atoms. The number of hydrogen-bond acceptors (Lipinski definition) is 8. The maximum atomic E-state index is 13.4. The molecule has 0 spiro atoms. The van der Waals surface area contributed by atoms with E-state index in [4.69, 9.17) is 4.99 Å². The van der Waals surface area contributed by atoms with Crippen molar-refractivity contribution in [2.24, 2.45) is 10.9 Å². The molecule has 3 heterocycles. The molecule has 1 aromatic heterocycles. The Morgan fingerprint density at radius 2 is 1.95 bits per heavy atom. The van der Waals surface area contributed by atoms with Crippen molar-refractivity contribution < 1.29 is 19.2 Å².